The lowest BCUT2D eigenvalue weighted by molar-refractivity contribution is -0.137. The van der Waals surface area contributed by atoms with E-state index in [0.717, 1.165) is 12.1 Å². The smallest absolute Gasteiger partial charge is 0.416 e. The van der Waals surface area contributed by atoms with Gasteiger partial charge in [-0.15, -0.1) is 5.92 Å². The molecule has 8 heteroatoms. The third-order valence-corrected chi connectivity index (χ3v) is 3.74. The van der Waals surface area contributed by atoms with Crippen LogP contribution in [0, 0.1) is 11.8 Å². The lowest BCUT2D eigenvalue weighted by atomic mass is 10.1. The first-order chi connectivity index (χ1) is 12.0. The number of carbonyl (C=O) groups excluding carboxylic acids is 2. The van der Waals surface area contributed by atoms with E-state index in [1.54, 1.807) is 20.8 Å². The molecule has 2 amide bonds. The molecular formula is C18H19F3N2O3. The van der Waals surface area contributed by atoms with Crippen LogP contribution in [0.5, 0.6) is 0 Å². The number of hydrogen-bond acceptors (Lipinski definition) is 3. The van der Waals surface area contributed by atoms with Gasteiger partial charge in [0.25, 0.3) is 5.91 Å². The van der Waals surface area contributed by atoms with Gasteiger partial charge in [-0.05, 0) is 39.0 Å². The van der Waals surface area contributed by atoms with Crippen molar-refractivity contribution in [2.24, 2.45) is 0 Å². The van der Waals surface area contributed by atoms with Gasteiger partial charge in [-0.25, -0.2) is 4.79 Å². The normalized spacial score (nSPS) is 17.5. The fraction of sp³-hybridized carbons (Fsp3) is 0.444. The molecular weight excluding hydrogens is 349 g/mol. The number of halogens is 3. The van der Waals surface area contributed by atoms with Crippen LogP contribution in [0.3, 0.4) is 0 Å². The van der Waals surface area contributed by atoms with E-state index in [9.17, 15) is 22.8 Å². The third-order valence-electron chi connectivity index (χ3n) is 3.74. The van der Waals surface area contributed by atoms with Crippen molar-refractivity contribution in [2.75, 3.05) is 11.4 Å². The molecule has 0 aliphatic carbocycles. The highest BCUT2D eigenvalue weighted by molar-refractivity contribution is 5.99. The number of carbonyl (C=O) groups is 2. The van der Waals surface area contributed by atoms with E-state index in [4.69, 9.17) is 4.74 Å². The second-order valence-electron chi connectivity index (χ2n) is 6.35. The first kappa shape index (κ1) is 19.6. The van der Waals surface area contributed by atoms with Gasteiger partial charge in [-0.3, -0.25) is 4.79 Å². The van der Waals surface area contributed by atoms with Crippen molar-refractivity contribution in [1.82, 2.24) is 5.32 Å². The number of anilines is 1. The maximum absolute atomic E-state index is 12.8. The molecule has 5 nitrogen and oxygen atoms in total. The number of rotatable bonds is 3. The van der Waals surface area contributed by atoms with Gasteiger partial charge >= 0.3 is 12.3 Å². The minimum Gasteiger partial charge on any atom is -0.436 e. The zero-order chi connectivity index (χ0) is 19.5. The molecule has 0 aromatic heterocycles. The number of nitrogens with one attached hydrogen (secondary N) is 1. The minimum absolute atomic E-state index is 0.119. The topological polar surface area (TPSA) is 58.6 Å². The van der Waals surface area contributed by atoms with Crippen molar-refractivity contribution in [3.05, 3.63) is 29.8 Å². The fourth-order valence-electron chi connectivity index (χ4n) is 2.63. The molecule has 1 heterocycles. The maximum atomic E-state index is 12.8. The zero-order valence-electron chi connectivity index (χ0n) is 14.6. The maximum Gasteiger partial charge on any atom is 0.416 e. The summed E-state index contributed by atoms with van der Waals surface area (Å²) in [6.45, 7) is 5.14. The predicted octanol–water partition coefficient (Wildman–Crippen LogP) is 3.34. The highest BCUT2D eigenvalue weighted by atomic mass is 19.4. The van der Waals surface area contributed by atoms with Gasteiger partial charge in [-0.1, -0.05) is 12.0 Å². The summed E-state index contributed by atoms with van der Waals surface area (Å²) in [5.41, 5.74) is -1.55. The minimum atomic E-state index is -4.50. The van der Waals surface area contributed by atoms with Crippen LogP contribution in [-0.2, 0) is 15.7 Å². The van der Waals surface area contributed by atoms with E-state index >= 15 is 0 Å². The number of hydrogen-bond donors (Lipinski definition) is 1. The molecule has 1 aromatic rings. The molecule has 1 aromatic carbocycles. The average Bonchev–Trinajstić information content (AvgIpc) is 2.87. The Balaban J connectivity index is 2.06. The monoisotopic (exact) mass is 368 g/mol. The Kier molecular flexibility index (Phi) is 5.50. The number of alkyl halides is 3. The molecule has 0 bridgehead atoms. The van der Waals surface area contributed by atoms with Crippen LogP contribution >= 0.6 is 0 Å². The Labute approximate surface area is 149 Å². The lowest BCUT2D eigenvalue weighted by Crippen LogP contribution is -2.44. The molecule has 0 radical (unpaired) electrons. The van der Waals surface area contributed by atoms with Gasteiger partial charge in [-0.2, -0.15) is 13.2 Å². The number of ether oxygens (including phenoxy) is 1. The molecule has 1 aliphatic heterocycles. The number of alkyl carbamates (subject to hydrolysis) is 1. The fourth-order valence-corrected chi connectivity index (χ4v) is 2.63. The third kappa shape index (κ3) is 4.69. The first-order valence-corrected chi connectivity index (χ1v) is 7.95. The van der Waals surface area contributed by atoms with Crippen LogP contribution in [0.1, 0.15) is 32.8 Å². The number of nitrogens with zero attached hydrogens (tertiary/aromatic N) is 1. The molecule has 0 spiro atoms. The Hall–Kier alpha value is -2.69. The molecule has 140 valence electrons. The lowest BCUT2D eigenvalue weighted by Gasteiger charge is -2.21. The van der Waals surface area contributed by atoms with Crippen LogP contribution in [0.15, 0.2) is 24.3 Å². The molecule has 26 heavy (non-hydrogen) atoms. The van der Waals surface area contributed by atoms with Gasteiger partial charge in [0, 0.05) is 18.7 Å². The standard InChI is InChI=1S/C18H19F3N2O3/c1-4-9-17(2,3)22-16(25)26-14-8-10-23(15(14)24)13-7-5-6-12(11-13)18(19,20)21/h5-7,11,14H,8,10H2,1-3H3,(H,22,25). The van der Waals surface area contributed by atoms with Crippen LogP contribution in [0.2, 0.25) is 0 Å². The van der Waals surface area contributed by atoms with Crippen LogP contribution in [0.25, 0.3) is 0 Å². The Morgan fingerprint density at radius 3 is 2.65 bits per heavy atom. The molecule has 1 atom stereocenters. The first-order valence-electron chi connectivity index (χ1n) is 7.95. The van der Waals surface area contributed by atoms with Crippen molar-refractivity contribution in [3.8, 4) is 11.8 Å². The van der Waals surface area contributed by atoms with E-state index in [1.165, 1.54) is 17.0 Å². The summed E-state index contributed by atoms with van der Waals surface area (Å²) in [6.07, 6.45) is -6.15. The van der Waals surface area contributed by atoms with Crippen molar-refractivity contribution in [2.45, 2.75) is 45.0 Å². The Morgan fingerprint density at radius 2 is 2.04 bits per heavy atom. The molecule has 0 saturated carbocycles. The Bertz CT molecular complexity index is 763. The second kappa shape index (κ2) is 7.28. The van der Waals surface area contributed by atoms with E-state index < -0.39 is 35.4 Å². The summed E-state index contributed by atoms with van der Waals surface area (Å²) < 4.78 is 43.6. The summed E-state index contributed by atoms with van der Waals surface area (Å²) >= 11 is 0. The molecule has 1 aliphatic rings. The largest absolute Gasteiger partial charge is 0.436 e. The summed E-state index contributed by atoms with van der Waals surface area (Å²) in [5.74, 6) is 4.90. The van der Waals surface area contributed by atoms with Gasteiger partial charge in [0.1, 0.15) is 0 Å². The molecule has 1 N–H and O–H groups in total. The summed E-state index contributed by atoms with van der Waals surface area (Å²) in [4.78, 5) is 25.5. The predicted molar refractivity (Wildman–Crippen MR) is 89.3 cm³/mol. The summed E-state index contributed by atoms with van der Waals surface area (Å²) in [7, 11) is 0. The number of amides is 2. The molecule has 1 fully saturated rings. The van der Waals surface area contributed by atoms with E-state index in [2.05, 4.69) is 17.2 Å². The van der Waals surface area contributed by atoms with Crippen molar-refractivity contribution >= 4 is 17.7 Å². The van der Waals surface area contributed by atoms with Crippen molar-refractivity contribution in [3.63, 3.8) is 0 Å². The van der Waals surface area contributed by atoms with Gasteiger partial charge < -0.3 is 15.0 Å². The van der Waals surface area contributed by atoms with E-state index in [1.807, 2.05) is 0 Å². The van der Waals surface area contributed by atoms with Crippen molar-refractivity contribution in [1.29, 1.82) is 0 Å². The summed E-state index contributed by atoms with van der Waals surface area (Å²) in [5, 5.41) is 2.53. The number of benzene rings is 1. The quantitative estimate of drug-likeness (QED) is 0.833. The van der Waals surface area contributed by atoms with E-state index in [0.29, 0.717) is 0 Å². The van der Waals surface area contributed by atoms with Gasteiger partial charge in [0.2, 0.25) is 0 Å². The van der Waals surface area contributed by atoms with Crippen LogP contribution < -0.4 is 10.2 Å². The van der Waals surface area contributed by atoms with E-state index in [-0.39, 0.29) is 18.7 Å². The molecule has 1 unspecified atom stereocenters. The highest BCUT2D eigenvalue weighted by Gasteiger charge is 2.37. The van der Waals surface area contributed by atoms with Crippen molar-refractivity contribution < 1.29 is 27.5 Å². The van der Waals surface area contributed by atoms with Crippen LogP contribution in [0.4, 0.5) is 23.7 Å². The Morgan fingerprint density at radius 1 is 1.35 bits per heavy atom. The van der Waals surface area contributed by atoms with Gasteiger partial charge in [0.15, 0.2) is 6.10 Å². The van der Waals surface area contributed by atoms with Gasteiger partial charge in [0.05, 0.1) is 11.1 Å². The van der Waals surface area contributed by atoms with Crippen LogP contribution in [-0.4, -0.2) is 30.2 Å². The average molecular weight is 368 g/mol. The highest BCUT2D eigenvalue weighted by Crippen LogP contribution is 2.33. The summed E-state index contributed by atoms with van der Waals surface area (Å²) in [6, 6.07) is 4.48. The molecule has 2 rings (SSSR count). The molecule has 1 saturated heterocycles. The second-order valence-corrected chi connectivity index (χ2v) is 6.35. The SMILES string of the molecule is CC#CC(C)(C)NC(=O)OC1CCN(c2cccc(C(F)(F)F)c2)C1=O. The zero-order valence-corrected chi connectivity index (χ0v) is 14.6.